The lowest BCUT2D eigenvalue weighted by atomic mass is 9.79. The van der Waals surface area contributed by atoms with E-state index in [2.05, 4.69) is 4.74 Å². The standard InChI is InChI=1S/C15H22O4/c1-15(2,9-5-6-14(17)19-4)12-10-11(18-3)7-8-13(12)16/h7-8,10,16H,5-6,9H2,1-4H3. The molecule has 4 nitrogen and oxygen atoms in total. The van der Waals surface area contributed by atoms with Crippen molar-refractivity contribution in [1.29, 1.82) is 0 Å². The van der Waals surface area contributed by atoms with Crippen LogP contribution in [0.25, 0.3) is 0 Å². The summed E-state index contributed by atoms with van der Waals surface area (Å²) < 4.78 is 9.80. The fraction of sp³-hybridized carbons (Fsp3) is 0.533. The maximum absolute atomic E-state index is 11.1. The Morgan fingerprint density at radius 1 is 1.32 bits per heavy atom. The van der Waals surface area contributed by atoms with Crippen molar-refractivity contribution in [3.05, 3.63) is 23.8 Å². The third kappa shape index (κ3) is 4.16. The molecule has 0 aliphatic carbocycles. The van der Waals surface area contributed by atoms with Gasteiger partial charge >= 0.3 is 5.97 Å². The molecule has 0 aliphatic rings. The largest absolute Gasteiger partial charge is 0.508 e. The van der Waals surface area contributed by atoms with Crippen molar-refractivity contribution in [2.45, 2.75) is 38.5 Å². The van der Waals surface area contributed by atoms with E-state index in [1.54, 1.807) is 19.2 Å². The van der Waals surface area contributed by atoms with Crippen LogP contribution in [-0.2, 0) is 14.9 Å². The van der Waals surface area contributed by atoms with E-state index in [4.69, 9.17) is 4.74 Å². The number of hydrogen-bond donors (Lipinski definition) is 1. The zero-order chi connectivity index (χ0) is 14.5. The van der Waals surface area contributed by atoms with Gasteiger partial charge in [-0.2, -0.15) is 0 Å². The number of phenolic OH excluding ortho intramolecular Hbond substituents is 1. The van der Waals surface area contributed by atoms with Crippen molar-refractivity contribution < 1.29 is 19.4 Å². The molecule has 1 aromatic rings. The number of carbonyl (C=O) groups excluding carboxylic acids is 1. The minimum Gasteiger partial charge on any atom is -0.508 e. The van der Waals surface area contributed by atoms with E-state index < -0.39 is 0 Å². The van der Waals surface area contributed by atoms with Crippen LogP contribution in [0.3, 0.4) is 0 Å². The molecular formula is C15H22O4. The molecule has 0 radical (unpaired) electrons. The summed E-state index contributed by atoms with van der Waals surface area (Å²) in [5.41, 5.74) is 0.601. The molecule has 0 aromatic heterocycles. The van der Waals surface area contributed by atoms with Crippen LogP contribution in [0.2, 0.25) is 0 Å². The fourth-order valence-electron chi connectivity index (χ4n) is 2.10. The van der Waals surface area contributed by atoms with Gasteiger partial charge in [-0.15, -0.1) is 0 Å². The van der Waals surface area contributed by atoms with Crippen molar-refractivity contribution >= 4 is 5.97 Å². The molecule has 1 rings (SSSR count). The van der Waals surface area contributed by atoms with Gasteiger partial charge in [-0.05, 0) is 36.5 Å². The normalized spacial score (nSPS) is 11.2. The molecular weight excluding hydrogens is 244 g/mol. The Morgan fingerprint density at radius 2 is 2.00 bits per heavy atom. The monoisotopic (exact) mass is 266 g/mol. The summed E-state index contributed by atoms with van der Waals surface area (Å²) in [5.74, 6) is 0.767. The highest BCUT2D eigenvalue weighted by Gasteiger charge is 2.24. The Morgan fingerprint density at radius 3 is 2.58 bits per heavy atom. The van der Waals surface area contributed by atoms with Crippen molar-refractivity contribution in [3.63, 3.8) is 0 Å². The maximum Gasteiger partial charge on any atom is 0.305 e. The van der Waals surface area contributed by atoms with Gasteiger partial charge in [0.05, 0.1) is 14.2 Å². The van der Waals surface area contributed by atoms with Crippen LogP contribution in [0.1, 0.15) is 38.7 Å². The van der Waals surface area contributed by atoms with Crippen LogP contribution >= 0.6 is 0 Å². The van der Waals surface area contributed by atoms with Crippen molar-refractivity contribution in [1.82, 2.24) is 0 Å². The third-order valence-corrected chi connectivity index (χ3v) is 3.34. The average molecular weight is 266 g/mol. The smallest absolute Gasteiger partial charge is 0.305 e. The van der Waals surface area contributed by atoms with E-state index in [9.17, 15) is 9.90 Å². The van der Waals surface area contributed by atoms with Crippen LogP contribution in [0, 0.1) is 0 Å². The summed E-state index contributed by atoms with van der Waals surface area (Å²) in [5, 5.41) is 9.97. The first-order valence-electron chi connectivity index (χ1n) is 6.35. The summed E-state index contributed by atoms with van der Waals surface area (Å²) in [6.45, 7) is 4.08. The molecule has 0 saturated carbocycles. The first-order chi connectivity index (χ1) is 8.90. The zero-order valence-electron chi connectivity index (χ0n) is 12.0. The van der Waals surface area contributed by atoms with E-state index in [-0.39, 0.29) is 17.1 Å². The third-order valence-electron chi connectivity index (χ3n) is 3.34. The quantitative estimate of drug-likeness (QED) is 0.804. The number of ether oxygens (including phenoxy) is 2. The highest BCUT2D eigenvalue weighted by molar-refractivity contribution is 5.69. The number of aromatic hydroxyl groups is 1. The Bertz CT molecular complexity index is 438. The van der Waals surface area contributed by atoms with Gasteiger partial charge in [-0.25, -0.2) is 0 Å². The van der Waals surface area contributed by atoms with Crippen LogP contribution in [0.15, 0.2) is 18.2 Å². The molecule has 0 aliphatic heterocycles. The lowest BCUT2D eigenvalue weighted by Crippen LogP contribution is -2.18. The van der Waals surface area contributed by atoms with E-state index in [1.807, 2.05) is 19.9 Å². The highest BCUT2D eigenvalue weighted by atomic mass is 16.5. The predicted molar refractivity (Wildman–Crippen MR) is 73.6 cm³/mol. The molecule has 0 atom stereocenters. The van der Waals surface area contributed by atoms with Gasteiger partial charge in [0, 0.05) is 12.0 Å². The van der Waals surface area contributed by atoms with Crippen molar-refractivity contribution in [3.8, 4) is 11.5 Å². The molecule has 106 valence electrons. The number of benzene rings is 1. The van der Waals surface area contributed by atoms with Crippen LogP contribution in [-0.4, -0.2) is 25.3 Å². The molecule has 0 unspecified atom stereocenters. The van der Waals surface area contributed by atoms with Gasteiger partial charge in [0.25, 0.3) is 0 Å². The van der Waals surface area contributed by atoms with Gasteiger partial charge in [0.15, 0.2) is 0 Å². The maximum atomic E-state index is 11.1. The summed E-state index contributed by atoms with van der Waals surface area (Å²) in [6, 6.07) is 5.20. The molecule has 1 aromatic carbocycles. The summed E-state index contributed by atoms with van der Waals surface area (Å²) in [7, 11) is 2.99. The topological polar surface area (TPSA) is 55.8 Å². The van der Waals surface area contributed by atoms with Gasteiger partial charge in [0.2, 0.25) is 0 Å². The van der Waals surface area contributed by atoms with Crippen LogP contribution in [0.4, 0.5) is 0 Å². The van der Waals surface area contributed by atoms with Gasteiger partial charge in [0.1, 0.15) is 11.5 Å². The second-order valence-corrected chi connectivity index (χ2v) is 5.20. The van der Waals surface area contributed by atoms with Gasteiger partial charge in [-0.3, -0.25) is 4.79 Å². The van der Waals surface area contributed by atoms with Crippen molar-refractivity contribution in [2.24, 2.45) is 0 Å². The number of phenols is 1. The second-order valence-electron chi connectivity index (χ2n) is 5.20. The molecule has 1 N–H and O–H groups in total. The second kappa shape index (κ2) is 6.45. The molecule has 0 heterocycles. The average Bonchev–Trinajstić information content (AvgIpc) is 2.38. The number of carbonyl (C=O) groups is 1. The molecule has 0 spiro atoms. The molecule has 0 saturated heterocycles. The molecule has 0 bridgehead atoms. The lowest BCUT2D eigenvalue weighted by Gasteiger charge is -2.26. The predicted octanol–water partition coefficient (Wildman–Crippen LogP) is 3.02. The molecule has 19 heavy (non-hydrogen) atoms. The molecule has 4 heteroatoms. The number of rotatable bonds is 6. The number of esters is 1. The van der Waals surface area contributed by atoms with E-state index in [1.165, 1.54) is 7.11 Å². The molecule has 0 amide bonds. The fourth-order valence-corrected chi connectivity index (χ4v) is 2.10. The lowest BCUT2D eigenvalue weighted by molar-refractivity contribution is -0.140. The molecule has 0 fully saturated rings. The van der Waals surface area contributed by atoms with E-state index in [0.717, 1.165) is 18.4 Å². The number of methoxy groups -OCH3 is 2. The SMILES string of the molecule is COC(=O)CCCC(C)(C)c1cc(OC)ccc1O. The van der Waals surface area contributed by atoms with Gasteiger partial charge in [-0.1, -0.05) is 13.8 Å². The minimum absolute atomic E-state index is 0.203. The van der Waals surface area contributed by atoms with Crippen LogP contribution < -0.4 is 4.74 Å². The summed E-state index contributed by atoms with van der Waals surface area (Å²) in [6.07, 6.45) is 1.89. The Hall–Kier alpha value is -1.71. The zero-order valence-corrected chi connectivity index (χ0v) is 12.0. The van der Waals surface area contributed by atoms with E-state index >= 15 is 0 Å². The summed E-state index contributed by atoms with van der Waals surface area (Å²) >= 11 is 0. The Labute approximate surface area is 114 Å². The summed E-state index contributed by atoms with van der Waals surface area (Å²) in [4.78, 5) is 11.1. The first kappa shape index (κ1) is 15.3. The number of hydrogen-bond acceptors (Lipinski definition) is 4. The van der Waals surface area contributed by atoms with Crippen molar-refractivity contribution in [2.75, 3.05) is 14.2 Å². The minimum atomic E-state index is -0.230. The first-order valence-corrected chi connectivity index (χ1v) is 6.35. The highest BCUT2D eigenvalue weighted by Crippen LogP contribution is 2.37. The van der Waals surface area contributed by atoms with Crippen LogP contribution in [0.5, 0.6) is 11.5 Å². The Kier molecular flexibility index (Phi) is 5.21. The van der Waals surface area contributed by atoms with Gasteiger partial charge < -0.3 is 14.6 Å². The van der Waals surface area contributed by atoms with E-state index in [0.29, 0.717) is 12.2 Å². The Balaban J connectivity index is 2.78.